The Hall–Kier alpha value is -1.78. The summed E-state index contributed by atoms with van der Waals surface area (Å²) in [5, 5.41) is 11.4. The van der Waals surface area contributed by atoms with E-state index in [-0.39, 0.29) is 5.82 Å². The number of nitrogens with zero attached hydrogens (tertiary/aromatic N) is 2. The summed E-state index contributed by atoms with van der Waals surface area (Å²) < 4.78 is 5.76. The molecule has 5 heteroatoms. The van der Waals surface area contributed by atoms with E-state index in [9.17, 15) is 10.0 Å². The number of anilines is 1. The van der Waals surface area contributed by atoms with Gasteiger partial charge in [-0.3, -0.25) is 0 Å². The van der Waals surface area contributed by atoms with Gasteiger partial charge in [-0.1, -0.05) is 6.07 Å². The number of pyridine rings is 1. The first-order chi connectivity index (χ1) is 7.31. The maximum Gasteiger partial charge on any atom is 0.507 e. The number of amides is 1. The van der Waals surface area contributed by atoms with Crippen molar-refractivity contribution in [2.75, 3.05) is 11.9 Å². The lowest BCUT2D eigenvalue weighted by Crippen LogP contribution is -2.41. The third-order valence-corrected chi connectivity index (χ3v) is 1.81. The molecule has 5 nitrogen and oxygen atoms in total. The normalized spacial score (nSPS) is 11.0. The first-order valence-electron chi connectivity index (χ1n) is 4.96. The van der Waals surface area contributed by atoms with Crippen LogP contribution in [0.1, 0.15) is 20.8 Å². The molecule has 0 aliphatic rings. The minimum Gasteiger partial charge on any atom is -0.711 e. The topological polar surface area (TPSA) is 56.5 Å². The average molecular weight is 224 g/mol. The summed E-state index contributed by atoms with van der Waals surface area (Å²) >= 11 is 0. The fourth-order valence-corrected chi connectivity index (χ4v) is 1.10. The molecule has 0 radical (unpaired) electrons. The third kappa shape index (κ3) is 3.12. The molecule has 0 atom stereocenters. The van der Waals surface area contributed by atoms with Crippen LogP contribution in [0.2, 0.25) is 0 Å². The van der Waals surface area contributed by atoms with Crippen molar-refractivity contribution in [3.8, 4) is 0 Å². The minimum atomic E-state index is -0.576. The molecule has 1 aromatic rings. The van der Waals surface area contributed by atoms with Crippen molar-refractivity contribution in [3.05, 3.63) is 29.6 Å². The zero-order valence-corrected chi connectivity index (χ0v) is 9.93. The quantitative estimate of drug-likeness (QED) is 0.538. The van der Waals surface area contributed by atoms with Crippen LogP contribution < -0.4 is 9.63 Å². The summed E-state index contributed by atoms with van der Waals surface area (Å²) in [4.78, 5) is 12.8. The van der Waals surface area contributed by atoms with Gasteiger partial charge >= 0.3 is 6.09 Å². The molecular weight excluding hydrogens is 208 g/mol. The second-order valence-electron chi connectivity index (χ2n) is 4.42. The molecule has 0 fully saturated rings. The number of hydrogen-bond donors (Lipinski definition) is 0. The van der Waals surface area contributed by atoms with Gasteiger partial charge in [-0.05, 0) is 26.8 Å². The van der Waals surface area contributed by atoms with E-state index < -0.39 is 11.7 Å². The maximum absolute atomic E-state index is 11.7. The Balaban J connectivity index is 2.83. The van der Waals surface area contributed by atoms with Crippen LogP contribution in [-0.4, -0.2) is 18.7 Å². The smallest absolute Gasteiger partial charge is 0.507 e. The highest BCUT2D eigenvalue weighted by Gasteiger charge is 2.27. The lowest BCUT2D eigenvalue weighted by molar-refractivity contribution is -0.591. The summed E-state index contributed by atoms with van der Waals surface area (Å²) in [6.07, 6.45) is 0.777. The van der Waals surface area contributed by atoms with E-state index in [0.717, 1.165) is 0 Å². The number of hydrogen-bond acceptors (Lipinski definition) is 3. The second-order valence-corrected chi connectivity index (χ2v) is 4.42. The van der Waals surface area contributed by atoms with Crippen LogP contribution in [0.4, 0.5) is 10.6 Å². The molecule has 0 saturated heterocycles. The summed E-state index contributed by atoms with van der Waals surface area (Å²) in [5.74, 6) is 0.233. The molecule has 88 valence electrons. The van der Waals surface area contributed by atoms with Gasteiger partial charge in [-0.2, -0.15) is 9.69 Å². The fraction of sp³-hybridized carbons (Fsp3) is 0.455. The largest absolute Gasteiger partial charge is 0.711 e. The van der Waals surface area contributed by atoms with E-state index in [0.29, 0.717) is 4.73 Å². The van der Waals surface area contributed by atoms with Crippen LogP contribution in [0, 0.1) is 5.21 Å². The third-order valence-electron chi connectivity index (χ3n) is 1.81. The first-order valence-corrected chi connectivity index (χ1v) is 4.96. The first kappa shape index (κ1) is 12.3. The van der Waals surface area contributed by atoms with E-state index in [1.807, 2.05) is 0 Å². The summed E-state index contributed by atoms with van der Waals surface area (Å²) in [5.41, 5.74) is -0.576. The Kier molecular flexibility index (Phi) is 3.37. The standard InChI is InChI=1S/C11H16N2O3/c1-11(2,3)16-10(14)12(4)9-7-5-6-8-13(9)15/h5-8H,1-4H3. The molecule has 1 aromatic heterocycles. The molecule has 1 amide bonds. The van der Waals surface area contributed by atoms with Crippen molar-refractivity contribution in [1.29, 1.82) is 0 Å². The monoisotopic (exact) mass is 224 g/mol. The average Bonchev–Trinajstić information content (AvgIpc) is 2.15. The zero-order chi connectivity index (χ0) is 12.3. The molecule has 0 spiro atoms. The van der Waals surface area contributed by atoms with Gasteiger partial charge in [0, 0.05) is 6.07 Å². The van der Waals surface area contributed by atoms with E-state index in [1.165, 1.54) is 18.1 Å². The molecule has 0 saturated carbocycles. The molecule has 0 unspecified atom stereocenters. The van der Waals surface area contributed by atoms with Gasteiger partial charge in [0.25, 0.3) is 5.82 Å². The number of aromatic nitrogens is 1. The summed E-state index contributed by atoms with van der Waals surface area (Å²) in [6, 6.07) is 4.83. The van der Waals surface area contributed by atoms with Gasteiger partial charge in [0.15, 0.2) is 0 Å². The van der Waals surface area contributed by atoms with Crippen molar-refractivity contribution in [3.63, 3.8) is 0 Å². The SMILES string of the molecule is CN(C(=O)OC(C)(C)C)c1cccc[n+]1[O-]. The lowest BCUT2D eigenvalue weighted by atomic mass is 10.2. The van der Waals surface area contributed by atoms with Crippen molar-refractivity contribution in [2.45, 2.75) is 26.4 Å². The van der Waals surface area contributed by atoms with E-state index in [2.05, 4.69) is 0 Å². The number of carbonyl (C=O) groups excluding carboxylic acids is 1. The van der Waals surface area contributed by atoms with Crippen LogP contribution in [0.25, 0.3) is 0 Å². The molecule has 0 aromatic carbocycles. The van der Waals surface area contributed by atoms with E-state index >= 15 is 0 Å². The van der Waals surface area contributed by atoms with Crippen molar-refractivity contribution < 1.29 is 14.3 Å². The molecule has 0 bridgehead atoms. The van der Waals surface area contributed by atoms with Gasteiger partial charge < -0.3 is 9.94 Å². The van der Waals surface area contributed by atoms with Crippen LogP contribution in [0.15, 0.2) is 24.4 Å². The zero-order valence-electron chi connectivity index (χ0n) is 9.93. The minimum absolute atomic E-state index is 0.233. The molecule has 0 aliphatic heterocycles. The number of rotatable bonds is 1. The highest BCUT2D eigenvalue weighted by molar-refractivity contribution is 5.85. The number of ether oxygens (including phenoxy) is 1. The van der Waals surface area contributed by atoms with Crippen LogP contribution in [-0.2, 0) is 4.74 Å². The predicted molar refractivity (Wildman–Crippen MR) is 60.0 cm³/mol. The Bertz CT molecular complexity index is 385. The van der Waals surface area contributed by atoms with Gasteiger partial charge in [-0.15, -0.1) is 0 Å². The molecule has 16 heavy (non-hydrogen) atoms. The Morgan fingerprint density at radius 2 is 2.06 bits per heavy atom. The van der Waals surface area contributed by atoms with Crippen molar-refractivity contribution in [2.24, 2.45) is 0 Å². The summed E-state index contributed by atoms with van der Waals surface area (Å²) in [7, 11) is 1.50. The Morgan fingerprint density at radius 1 is 1.44 bits per heavy atom. The van der Waals surface area contributed by atoms with Gasteiger partial charge in [0.1, 0.15) is 5.60 Å². The van der Waals surface area contributed by atoms with Gasteiger partial charge in [-0.25, -0.2) is 4.73 Å². The predicted octanol–water partition coefficient (Wildman–Crippen LogP) is 1.69. The molecule has 0 N–H and O–H groups in total. The molecule has 1 rings (SSSR count). The Labute approximate surface area is 94.8 Å². The maximum atomic E-state index is 11.7. The molecular formula is C11H16N2O3. The van der Waals surface area contributed by atoms with Crippen molar-refractivity contribution >= 4 is 11.9 Å². The fourth-order valence-electron chi connectivity index (χ4n) is 1.10. The highest BCUT2D eigenvalue weighted by atomic mass is 16.6. The molecule has 0 aliphatic carbocycles. The highest BCUT2D eigenvalue weighted by Crippen LogP contribution is 2.12. The summed E-state index contributed by atoms with van der Waals surface area (Å²) in [6.45, 7) is 5.32. The Morgan fingerprint density at radius 3 is 2.56 bits per heavy atom. The lowest BCUT2D eigenvalue weighted by Gasteiger charge is -2.21. The van der Waals surface area contributed by atoms with Gasteiger partial charge in [0.2, 0.25) is 0 Å². The van der Waals surface area contributed by atoms with Crippen molar-refractivity contribution in [1.82, 2.24) is 0 Å². The van der Waals surface area contributed by atoms with Crippen LogP contribution >= 0.6 is 0 Å². The van der Waals surface area contributed by atoms with Crippen LogP contribution in [0.3, 0.4) is 0 Å². The number of carbonyl (C=O) groups is 1. The van der Waals surface area contributed by atoms with E-state index in [1.54, 1.807) is 39.0 Å². The van der Waals surface area contributed by atoms with Gasteiger partial charge in [0.05, 0.1) is 13.2 Å². The molecule has 1 heterocycles. The van der Waals surface area contributed by atoms with Crippen LogP contribution in [0.5, 0.6) is 0 Å². The van der Waals surface area contributed by atoms with E-state index in [4.69, 9.17) is 4.74 Å². The second kappa shape index (κ2) is 4.38.